The largest absolute Gasteiger partial charge is 0.356 e. The Morgan fingerprint density at radius 1 is 1.00 bits per heavy atom. The third-order valence-corrected chi connectivity index (χ3v) is 7.30. The highest BCUT2D eigenvalue weighted by molar-refractivity contribution is 14.0. The molecular formula is C25H41IN6. The molecule has 2 saturated heterocycles. The minimum atomic E-state index is 0. The van der Waals surface area contributed by atoms with Crippen molar-refractivity contribution in [2.45, 2.75) is 50.6 Å². The summed E-state index contributed by atoms with van der Waals surface area (Å²) in [5, 5.41) is 8.55. The second-order valence-electron chi connectivity index (χ2n) is 9.35. The van der Waals surface area contributed by atoms with E-state index >= 15 is 0 Å². The average molecular weight is 553 g/mol. The second-order valence-corrected chi connectivity index (χ2v) is 9.35. The monoisotopic (exact) mass is 552 g/mol. The summed E-state index contributed by atoms with van der Waals surface area (Å²) in [6.07, 6.45) is 9.83. The van der Waals surface area contributed by atoms with Crippen molar-refractivity contribution in [2.75, 3.05) is 53.4 Å². The van der Waals surface area contributed by atoms with Gasteiger partial charge in [-0.2, -0.15) is 0 Å². The van der Waals surface area contributed by atoms with Gasteiger partial charge in [0.05, 0.1) is 0 Å². The number of hydrogen-bond acceptors (Lipinski definition) is 3. The molecule has 0 aliphatic carbocycles. The van der Waals surface area contributed by atoms with E-state index in [1.165, 1.54) is 69.2 Å². The van der Waals surface area contributed by atoms with E-state index in [-0.39, 0.29) is 29.5 Å². The minimum absolute atomic E-state index is 0. The van der Waals surface area contributed by atoms with Crippen molar-refractivity contribution < 1.29 is 0 Å². The van der Waals surface area contributed by atoms with Crippen LogP contribution in [0.25, 0.3) is 10.9 Å². The van der Waals surface area contributed by atoms with Crippen LogP contribution in [0.2, 0.25) is 0 Å². The maximum absolute atomic E-state index is 4.51. The lowest BCUT2D eigenvalue weighted by Gasteiger charge is -2.50. The topological polar surface area (TPSA) is 47.8 Å². The van der Waals surface area contributed by atoms with Crippen LogP contribution < -0.4 is 10.6 Å². The number of para-hydroxylation sites is 1. The fraction of sp³-hybridized carbons (Fsp3) is 0.640. The second kappa shape index (κ2) is 12.2. The Kier molecular flexibility index (Phi) is 9.67. The van der Waals surface area contributed by atoms with Crippen molar-refractivity contribution in [3.05, 3.63) is 36.5 Å². The van der Waals surface area contributed by atoms with Gasteiger partial charge < -0.3 is 20.1 Å². The molecule has 2 fully saturated rings. The zero-order valence-corrected chi connectivity index (χ0v) is 22.2. The van der Waals surface area contributed by atoms with Crippen LogP contribution in [0, 0.1) is 0 Å². The fourth-order valence-corrected chi connectivity index (χ4v) is 5.27. The molecule has 4 rings (SSSR count). The Balaban J connectivity index is 0.00000289. The number of likely N-dealkylation sites (tertiary alicyclic amines) is 2. The number of rotatable bonds is 7. The Morgan fingerprint density at radius 3 is 2.50 bits per heavy atom. The third kappa shape index (κ3) is 6.17. The molecule has 0 amide bonds. The number of piperidine rings is 2. The summed E-state index contributed by atoms with van der Waals surface area (Å²) in [5.74, 6) is 0.938. The van der Waals surface area contributed by atoms with E-state index < -0.39 is 0 Å². The van der Waals surface area contributed by atoms with Gasteiger partial charge in [0.2, 0.25) is 0 Å². The van der Waals surface area contributed by atoms with E-state index in [4.69, 9.17) is 0 Å². The lowest BCUT2D eigenvalue weighted by molar-refractivity contribution is 0.0173. The van der Waals surface area contributed by atoms with E-state index in [9.17, 15) is 0 Å². The molecule has 0 saturated carbocycles. The van der Waals surface area contributed by atoms with Crippen LogP contribution in [0.4, 0.5) is 0 Å². The molecule has 2 aliphatic rings. The van der Waals surface area contributed by atoms with Crippen LogP contribution >= 0.6 is 24.0 Å². The zero-order valence-electron chi connectivity index (χ0n) is 19.9. The number of aryl methyl sites for hydroxylation is 1. The van der Waals surface area contributed by atoms with E-state index in [0.717, 1.165) is 32.0 Å². The van der Waals surface area contributed by atoms with Crippen molar-refractivity contribution in [2.24, 2.45) is 4.99 Å². The molecule has 0 atom stereocenters. The first-order chi connectivity index (χ1) is 15.2. The normalized spacial score (nSPS) is 20.1. The summed E-state index contributed by atoms with van der Waals surface area (Å²) in [5.41, 5.74) is 1.59. The van der Waals surface area contributed by atoms with E-state index in [0.29, 0.717) is 0 Å². The van der Waals surface area contributed by atoms with Gasteiger partial charge in [0, 0.05) is 43.9 Å². The van der Waals surface area contributed by atoms with Gasteiger partial charge in [-0.3, -0.25) is 9.89 Å². The third-order valence-electron chi connectivity index (χ3n) is 7.30. The summed E-state index contributed by atoms with van der Waals surface area (Å²) >= 11 is 0. The average Bonchev–Trinajstić information content (AvgIpc) is 3.23. The van der Waals surface area contributed by atoms with Crippen molar-refractivity contribution in [1.82, 2.24) is 25.0 Å². The summed E-state index contributed by atoms with van der Waals surface area (Å²) < 4.78 is 2.34. The molecule has 0 unspecified atom stereocenters. The van der Waals surface area contributed by atoms with Gasteiger partial charge in [0.25, 0.3) is 0 Å². The molecular weight excluding hydrogens is 511 g/mol. The Hall–Kier alpha value is -1.32. The molecule has 2 N–H and O–H groups in total. The van der Waals surface area contributed by atoms with E-state index in [2.05, 4.69) is 73.6 Å². The predicted octanol–water partition coefficient (Wildman–Crippen LogP) is 3.76. The highest BCUT2D eigenvalue weighted by atomic mass is 127. The summed E-state index contributed by atoms with van der Waals surface area (Å²) in [7, 11) is 4.14. The van der Waals surface area contributed by atoms with Crippen LogP contribution in [-0.4, -0.2) is 79.2 Å². The van der Waals surface area contributed by atoms with Crippen LogP contribution in [0.1, 0.15) is 38.5 Å². The molecule has 0 radical (unpaired) electrons. The maximum atomic E-state index is 4.51. The van der Waals surface area contributed by atoms with Crippen LogP contribution in [0.15, 0.2) is 41.5 Å². The quantitative estimate of drug-likeness (QED) is 0.238. The molecule has 3 heterocycles. The van der Waals surface area contributed by atoms with Gasteiger partial charge in [-0.05, 0) is 82.8 Å². The molecule has 2 aliphatic heterocycles. The van der Waals surface area contributed by atoms with E-state index in [1.807, 2.05) is 7.05 Å². The first-order valence-corrected chi connectivity index (χ1v) is 12.1. The van der Waals surface area contributed by atoms with Crippen LogP contribution in [-0.2, 0) is 6.54 Å². The van der Waals surface area contributed by atoms with Gasteiger partial charge in [0.15, 0.2) is 5.96 Å². The molecule has 7 heteroatoms. The highest BCUT2D eigenvalue weighted by Gasteiger charge is 2.39. The smallest absolute Gasteiger partial charge is 0.191 e. The van der Waals surface area contributed by atoms with Gasteiger partial charge >= 0.3 is 0 Å². The Bertz CT molecular complexity index is 849. The lowest BCUT2D eigenvalue weighted by Crippen LogP contribution is -2.62. The predicted molar refractivity (Wildman–Crippen MR) is 146 cm³/mol. The summed E-state index contributed by atoms with van der Waals surface area (Å²) in [4.78, 5) is 9.76. The molecule has 6 nitrogen and oxygen atoms in total. The van der Waals surface area contributed by atoms with E-state index in [1.54, 1.807) is 0 Å². The standard InChI is InChI=1S/C25H40N6.HI/c1-26-24(27-14-8-15-30-18-11-22-9-4-5-10-23(22)30)28-21-25(12-19-29(2)20-13-25)31-16-6-3-7-17-31;/h4-5,9-11,18H,3,6-8,12-17,19-21H2,1-2H3,(H2,26,27,28);1H. The molecule has 1 aromatic carbocycles. The Morgan fingerprint density at radius 2 is 1.75 bits per heavy atom. The number of aliphatic imine (C=N–C) groups is 1. The van der Waals surface area contributed by atoms with Gasteiger partial charge in [0.1, 0.15) is 0 Å². The van der Waals surface area contributed by atoms with Crippen molar-refractivity contribution >= 4 is 40.8 Å². The van der Waals surface area contributed by atoms with Crippen LogP contribution in [0.3, 0.4) is 0 Å². The molecule has 0 bridgehead atoms. The number of fused-ring (bicyclic) bond motifs is 1. The zero-order chi connectivity index (χ0) is 21.5. The number of hydrogen-bond donors (Lipinski definition) is 2. The van der Waals surface area contributed by atoms with Gasteiger partial charge in [-0.25, -0.2) is 0 Å². The fourth-order valence-electron chi connectivity index (χ4n) is 5.27. The minimum Gasteiger partial charge on any atom is -0.356 e. The number of halogens is 1. The number of nitrogens with one attached hydrogen (secondary N) is 2. The highest BCUT2D eigenvalue weighted by Crippen LogP contribution is 2.30. The number of benzene rings is 1. The number of aromatic nitrogens is 1. The number of nitrogens with zero attached hydrogens (tertiary/aromatic N) is 4. The van der Waals surface area contributed by atoms with Gasteiger partial charge in [-0.15, -0.1) is 24.0 Å². The van der Waals surface area contributed by atoms with Crippen molar-refractivity contribution in [1.29, 1.82) is 0 Å². The molecule has 2 aromatic rings. The summed E-state index contributed by atoms with van der Waals surface area (Å²) in [6, 6.07) is 10.8. The van der Waals surface area contributed by atoms with Crippen molar-refractivity contribution in [3.8, 4) is 0 Å². The maximum Gasteiger partial charge on any atom is 0.191 e. The molecule has 32 heavy (non-hydrogen) atoms. The SMILES string of the molecule is CN=C(NCCCn1ccc2ccccc21)NCC1(N2CCCCC2)CCN(C)CC1.I. The van der Waals surface area contributed by atoms with Gasteiger partial charge in [-0.1, -0.05) is 24.6 Å². The number of guanidine groups is 1. The first-order valence-electron chi connectivity index (χ1n) is 12.1. The first kappa shape index (κ1) is 25.3. The lowest BCUT2D eigenvalue weighted by atomic mass is 9.84. The molecule has 178 valence electrons. The molecule has 0 spiro atoms. The summed E-state index contributed by atoms with van der Waals surface area (Å²) in [6.45, 7) is 7.81. The Labute approximate surface area is 210 Å². The van der Waals surface area contributed by atoms with Crippen LogP contribution in [0.5, 0.6) is 0 Å². The molecule has 1 aromatic heterocycles. The van der Waals surface area contributed by atoms with Crippen molar-refractivity contribution in [3.63, 3.8) is 0 Å².